The lowest BCUT2D eigenvalue weighted by Gasteiger charge is -1.85. The Balaban J connectivity index is 3.26. The summed E-state index contributed by atoms with van der Waals surface area (Å²) in [5.74, 6) is 0. The smallest absolute Gasteiger partial charge is 0.226 e. The van der Waals surface area contributed by atoms with Crippen LogP contribution in [0.1, 0.15) is 0 Å². The number of halogens is 2. The highest BCUT2D eigenvalue weighted by atomic mass is 79.9. The van der Waals surface area contributed by atoms with E-state index in [0.717, 1.165) is 0 Å². The molecule has 6 heavy (non-hydrogen) atoms. The molecule has 0 aromatic rings. The number of carbonyl (C=O) groups is 1. The minimum atomic E-state index is -0.352. The molecule has 0 bridgehead atoms. The molecule has 0 saturated carbocycles. The zero-order chi connectivity index (χ0) is 5.15. The fourth-order valence-electron chi connectivity index (χ4n) is 0. The second-order valence-corrected chi connectivity index (χ2v) is 2.67. The monoisotopic (exact) mass is 168 g/mol. The molecule has 1 atom stereocenters. The Kier molecular flexibility index (Phi) is 2.86. The second kappa shape index (κ2) is 2.64. The third kappa shape index (κ3) is 2.73. The van der Waals surface area contributed by atoms with Gasteiger partial charge in [-0.15, -0.1) is 0 Å². The molecule has 0 amide bonds. The van der Waals surface area contributed by atoms with Crippen molar-refractivity contribution in [1.82, 2.24) is 0 Å². The van der Waals surface area contributed by atoms with Gasteiger partial charge in [0, 0.05) is 0 Å². The normalized spacial score (nSPS) is 13.7. The Labute approximate surface area is 50.6 Å². The molecule has 0 aliphatic heterocycles. The number of hydrogen-bond donors (Lipinski definition) is 0. The first-order chi connectivity index (χ1) is 2.64. The van der Waals surface area contributed by atoms with Crippen molar-refractivity contribution in [2.45, 2.75) is 4.73 Å². The van der Waals surface area contributed by atoms with E-state index < -0.39 is 0 Å². The zero-order valence-electron chi connectivity index (χ0n) is 3.24. The number of alkyl halides is 1. The van der Waals surface area contributed by atoms with Crippen LogP contribution in [-0.2, 0) is 4.79 Å². The van der Waals surface area contributed by atoms with Crippen LogP contribution >= 0.6 is 27.5 Å². The third-order valence-electron chi connectivity index (χ3n) is 0.313. The predicted octanol–water partition coefficient (Wildman–Crippen LogP) is 0.106. The molecule has 0 spiro atoms. The van der Waals surface area contributed by atoms with Crippen LogP contribution in [0.2, 0.25) is 0 Å². The largest absolute Gasteiger partial charge is 0.281 e. The molecule has 4 heteroatoms. The molecular formula is C2H3BBrClO. The molecule has 1 unspecified atom stereocenters. The molecule has 0 fully saturated rings. The van der Waals surface area contributed by atoms with Crippen molar-refractivity contribution in [1.29, 1.82) is 0 Å². The molecule has 0 rings (SSSR count). The lowest BCUT2D eigenvalue weighted by molar-refractivity contribution is -0.110. The van der Waals surface area contributed by atoms with Gasteiger partial charge < -0.3 is 0 Å². The SMILES string of the molecule is BC(Br)C(=O)Cl. The summed E-state index contributed by atoms with van der Waals surface area (Å²) in [6, 6.07) is 0. The summed E-state index contributed by atoms with van der Waals surface area (Å²) < 4.78 is -0.209. The quantitative estimate of drug-likeness (QED) is 0.309. The molecule has 34 valence electrons. The van der Waals surface area contributed by atoms with Crippen LogP contribution in [0, 0.1) is 0 Å². The van der Waals surface area contributed by atoms with E-state index in [1.165, 1.54) is 0 Å². The summed E-state index contributed by atoms with van der Waals surface area (Å²) in [6.45, 7) is 0. The van der Waals surface area contributed by atoms with E-state index in [2.05, 4.69) is 15.9 Å². The van der Waals surface area contributed by atoms with Gasteiger partial charge in [-0.25, -0.2) is 0 Å². The fourth-order valence-corrected chi connectivity index (χ4v) is 0. The van der Waals surface area contributed by atoms with Gasteiger partial charge in [0.25, 0.3) is 0 Å². The standard InChI is InChI=1S/C2H3BBrClO/c3-1(4)2(5)6/h1H,3H2. The molecule has 0 aliphatic carbocycles. The van der Waals surface area contributed by atoms with E-state index in [1.54, 1.807) is 7.85 Å². The van der Waals surface area contributed by atoms with E-state index in [-0.39, 0.29) is 9.97 Å². The number of hydrogen-bond acceptors (Lipinski definition) is 1. The Bertz CT molecular complexity index is 64.6. The van der Waals surface area contributed by atoms with Crippen molar-refractivity contribution in [2.24, 2.45) is 0 Å². The van der Waals surface area contributed by atoms with Crippen molar-refractivity contribution in [3.05, 3.63) is 0 Å². The lowest BCUT2D eigenvalue weighted by Crippen LogP contribution is -2.04. The highest BCUT2D eigenvalue weighted by molar-refractivity contribution is 9.10. The summed E-state index contributed by atoms with van der Waals surface area (Å²) in [6.07, 6.45) is 0. The number of carbonyl (C=O) groups excluding carboxylic acids is 1. The summed E-state index contributed by atoms with van der Waals surface area (Å²) in [7, 11) is 1.68. The zero-order valence-corrected chi connectivity index (χ0v) is 5.58. The van der Waals surface area contributed by atoms with E-state index >= 15 is 0 Å². The number of rotatable bonds is 1. The lowest BCUT2D eigenvalue weighted by atomic mass is 10.1. The van der Waals surface area contributed by atoms with E-state index in [9.17, 15) is 4.79 Å². The Morgan fingerprint density at radius 1 is 2.00 bits per heavy atom. The average molecular weight is 169 g/mol. The van der Waals surface area contributed by atoms with Gasteiger partial charge in [0.1, 0.15) is 7.85 Å². The predicted molar refractivity (Wildman–Crippen MR) is 32.1 cm³/mol. The first-order valence-electron chi connectivity index (χ1n) is 1.48. The van der Waals surface area contributed by atoms with Crippen LogP contribution in [0.4, 0.5) is 0 Å². The van der Waals surface area contributed by atoms with E-state index in [1.807, 2.05) is 0 Å². The third-order valence-corrected chi connectivity index (χ3v) is 1.32. The molecule has 0 saturated heterocycles. The first kappa shape index (κ1) is 6.50. The van der Waals surface area contributed by atoms with Gasteiger partial charge in [-0.05, 0) is 11.6 Å². The van der Waals surface area contributed by atoms with Crippen LogP contribution in [0.15, 0.2) is 0 Å². The Hall–Kier alpha value is 0.505. The maximum Gasteiger partial charge on any atom is 0.226 e. The van der Waals surface area contributed by atoms with Gasteiger partial charge in [-0.3, -0.25) is 4.79 Å². The van der Waals surface area contributed by atoms with Crippen LogP contribution in [-0.4, -0.2) is 17.8 Å². The van der Waals surface area contributed by atoms with Crippen LogP contribution in [0.3, 0.4) is 0 Å². The molecule has 0 radical (unpaired) electrons. The summed E-state index contributed by atoms with van der Waals surface area (Å²) in [5.41, 5.74) is 0. The second-order valence-electron chi connectivity index (χ2n) is 0.920. The topological polar surface area (TPSA) is 17.1 Å². The van der Waals surface area contributed by atoms with Gasteiger partial charge in [0.05, 0.1) is 4.73 Å². The fraction of sp³-hybridized carbons (Fsp3) is 0.500. The van der Waals surface area contributed by atoms with Crippen molar-refractivity contribution >= 4 is 40.6 Å². The minimum absolute atomic E-state index is 0.209. The highest BCUT2D eigenvalue weighted by Crippen LogP contribution is 1.96. The van der Waals surface area contributed by atoms with Gasteiger partial charge in [0.15, 0.2) is 0 Å². The molecule has 0 aromatic heterocycles. The maximum atomic E-state index is 9.86. The van der Waals surface area contributed by atoms with Crippen LogP contribution in [0.5, 0.6) is 0 Å². The maximum absolute atomic E-state index is 9.86. The van der Waals surface area contributed by atoms with Gasteiger partial charge in [-0.2, -0.15) is 0 Å². The van der Waals surface area contributed by atoms with Crippen LogP contribution in [0.25, 0.3) is 0 Å². The molecular weight excluding hydrogens is 166 g/mol. The summed E-state index contributed by atoms with van der Waals surface area (Å²) in [5, 5.41) is -0.352. The Morgan fingerprint density at radius 3 is 2.17 bits per heavy atom. The van der Waals surface area contributed by atoms with Crippen molar-refractivity contribution in [3.63, 3.8) is 0 Å². The molecule has 0 N–H and O–H groups in total. The van der Waals surface area contributed by atoms with Gasteiger partial charge in [0.2, 0.25) is 5.24 Å². The summed E-state index contributed by atoms with van der Waals surface area (Å²) >= 11 is 7.88. The van der Waals surface area contributed by atoms with Crippen molar-refractivity contribution < 1.29 is 4.79 Å². The van der Waals surface area contributed by atoms with Crippen molar-refractivity contribution in [2.75, 3.05) is 0 Å². The van der Waals surface area contributed by atoms with Gasteiger partial charge >= 0.3 is 0 Å². The van der Waals surface area contributed by atoms with Crippen LogP contribution < -0.4 is 0 Å². The molecule has 1 nitrogen and oxygen atoms in total. The first-order valence-corrected chi connectivity index (χ1v) is 2.77. The van der Waals surface area contributed by atoms with E-state index in [0.29, 0.717) is 0 Å². The van der Waals surface area contributed by atoms with Gasteiger partial charge in [-0.1, -0.05) is 15.9 Å². The van der Waals surface area contributed by atoms with Crippen molar-refractivity contribution in [3.8, 4) is 0 Å². The Morgan fingerprint density at radius 2 is 2.17 bits per heavy atom. The molecule has 0 heterocycles. The minimum Gasteiger partial charge on any atom is -0.281 e. The summed E-state index contributed by atoms with van der Waals surface area (Å²) in [4.78, 5) is 9.86. The highest BCUT2D eigenvalue weighted by Gasteiger charge is 2.01. The average Bonchev–Trinajstić information content (AvgIpc) is 1.36. The molecule has 0 aromatic carbocycles. The van der Waals surface area contributed by atoms with E-state index in [4.69, 9.17) is 11.6 Å². The molecule has 0 aliphatic rings.